The zero-order chi connectivity index (χ0) is 11.8. The summed E-state index contributed by atoms with van der Waals surface area (Å²) in [6, 6.07) is 9.14. The second kappa shape index (κ2) is 6.85. The number of aliphatic hydroxyl groups is 1. The first kappa shape index (κ1) is 12.5. The summed E-state index contributed by atoms with van der Waals surface area (Å²) >= 11 is 0. The summed E-state index contributed by atoms with van der Waals surface area (Å²) < 4.78 is 5.37. The van der Waals surface area contributed by atoms with E-state index in [9.17, 15) is 4.79 Å². The fourth-order valence-electron chi connectivity index (χ4n) is 1.17. The monoisotopic (exact) mass is 223 g/mol. The van der Waals surface area contributed by atoms with E-state index in [4.69, 9.17) is 9.84 Å². The van der Waals surface area contributed by atoms with Crippen molar-refractivity contribution in [1.29, 1.82) is 0 Å². The number of carbonyl (C=O) groups is 1. The second-order valence-electron chi connectivity index (χ2n) is 3.56. The van der Waals surface area contributed by atoms with Gasteiger partial charge in [0, 0.05) is 6.04 Å². The molecular formula is C12H17NO3. The van der Waals surface area contributed by atoms with Crippen LogP contribution >= 0.6 is 0 Å². The van der Waals surface area contributed by atoms with Gasteiger partial charge >= 0.3 is 0 Å². The topological polar surface area (TPSA) is 58.6 Å². The van der Waals surface area contributed by atoms with Crippen molar-refractivity contribution < 1.29 is 14.6 Å². The molecule has 2 N–H and O–H groups in total. The molecule has 4 nitrogen and oxygen atoms in total. The number of ether oxygens (including phenoxy) is 1. The Bertz CT molecular complexity index is 313. The van der Waals surface area contributed by atoms with Crippen LogP contribution in [0.5, 0.6) is 5.75 Å². The van der Waals surface area contributed by atoms with Crippen molar-refractivity contribution >= 4 is 5.91 Å². The predicted octanol–water partition coefficient (Wildman–Crippen LogP) is 0.953. The van der Waals surface area contributed by atoms with Crippen LogP contribution in [0.3, 0.4) is 0 Å². The largest absolute Gasteiger partial charge is 0.493 e. The Labute approximate surface area is 95.2 Å². The molecule has 0 aromatic heterocycles. The van der Waals surface area contributed by atoms with Crippen LogP contribution in [0, 0.1) is 0 Å². The van der Waals surface area contributed by atoms with E-state index in [2.05, 4.69) is 5.32 Å². The maximum Gasteiger partial charge on any atom is 0.223 e. The molecule has 0 saturated heterocycles. The summed E-state index contributed by atoms with van der Waals surface area (Å²) in [6.07, 6.45) is 0.291. The van der Waals surface area contributed by atoms with Crippen LogP contribution in [0.4, 0.5) is 0 Å². The van der Waals surface area contributed by atoms with Gasteiger partial charge < -0.3 is 15.2 Å². The minimum absolute atomic E-state index is 0.0503. The van der Waals surface area contributed by atoms with Gasteiger partial charge in [-0.2, -0.15) is 0 Å². The highest BCUT2D eigenvalue weighted by molar-refractivity contribution is 5.76. The molecule has 0 bridgehead atoms. The number of nitrogens with one attached hydrogen (secondary N) is 1. The van der Waals surface area contributed by atoms with Gasteiger partial charge in [0.15, 0.2) is 0 Å². The van der Waals surface area contributed by atoms with E-state index in [1.54, 1.807) is 6.92 Å². The number of para-hydroxylation sites is 1. The molecule has 0 saturated carbocycles. The first-order chi connectivity index (χ1) is 7.72. The van der Waals surface area contributed by atoms with Crippen molar-refractivity contribution in [2.75, 3.05) is 13.2 Å². The fourth-order valence-corrected chi connectivity index (χ4v) is 1.17. The van der Waals surface area contributed by atoms with Gasteiger partial charge in [-0.15, -0.1) is 0 Å². The average molecular weight is 223 g/mol. The van der Waals surface area contributed by atoms with Gasteiger partial charge in [-0.1, -0.05) is 18.2 Å². The molecule has 1 aromatic rings. The SMILES string of the molecule is C[C@@H](CO)NC(=O)CCOc1ccccc1. The van der Waals surface area contributed by atoms with Crippen molar-refractivity contribution in [3.8, 4) is 5.75 Å². The lowest BCUT2D eigenvalue weighted by Gasteiger charge is -2.11. The molecule has 1 rings (SSSR count). The fraction of sp³-hybridized carbons (Fsp3) is 0.417. The van der Waals surface area contributed by atoms with Crippen LogP contribution in [0.15, 0.2) is 30.3 Å². The summed E-state index contributed by atoms with van der Waals surface area (Å²) in [4.78, 5) is 11.3. The van der Waals surface area contributed by atoms with Crippen molar-refractivity contribution in [1.82, 2.24) is 5.32 Å². The van der Waals surface area contributed by atoms with Crippen molar-refractivity contribution in [3.63, 3.8) is 0 Å². The Balaban J connectivity index is 2.18. The molecule has 0 aliphatic heterocycles. The highest BCUT2D eigenvalue weighted by Gasteiger charge is 2.05. The first-order valence-corrected chi connectivity index (χ1v) is 5.30. The lowest BCUT2D eigenvalue weighted by atomic mass is 10.3. The number of amides is 1. The summed E-state index contributed by atoms with van der Waals surface area (Å²) in [7, 11) is 0. The van der Waals surface area contributed by atoms with Crippen LogP contribution in [-0.4, -0.2) is 30.3 Å². The maximum atomic E-state index is 11.3. The summed E-state index contributed by atoms with van der Waals surface area (Å²) in [6.45, 7) is 2.04. The Hall–Kier alpha value is -1.55. The van der Waals surface area contributed by atoms with Crippen LogP contribution < -0.4 is 10.1 Å². The molecule has 4 heteroatoms. The molecule has 0 heterocycles. The maximum absolute atomic E-state index is 11.3. The lowest BCUT2D eigenvalue weighted by molar-refractivity contribution is -0.122. The zero-order valence-electron chi connectivity index (χ0n) is 9.35. The van der Waals surface area contributed by atoms with Gasteiger partial charge in [-0.05, 0) is 19.1 Å². The van der Waals surface area contributed by atoms with Crippen LogP contribution in [0.2, 0.25) is 0 Å². The molecular weight excluding hydrogens is 206 g/mol. The lowest BCUT2D eigenvalue weighted by Crippen LogP contribution is -2.35. The number of benzene rings is 1. The Kier molecular flexibility index (Phi) is 5.36. The van der Waals surface area contributed by atoms with Gasteiger partial charge in [-0.3, -0.25) is 4.79 Å². The van der Waals surface area contributed by atoms with Gasteiger partial charge in [0.05, 0.1) is 19.6 Å². The molecule has 1 aromatic carbocycles. The van der Waals surface area contributed by atoms with Crippen LogP contribution in [0.25, 0.3) is 0 Å². The van der Waals surface area contributed by atoms with Crippen LogP contribution in [0.1, 0.15) is 13.3 Å². The van der Waals surface area contributed by atoms with Gasteiger partial charge in [0.25, 0.3) is 0 Å². The van der Waals surface area contributed by atoms with E-state index in [1.165, 1.54) is 0 Å². The van der Waals surface area contributed by atoms with Crippen molar-refractivity contribution in [2.45, 2.75) is 19.4 Å². The number of carbonyl (C=O) groups excluding carboxylic acids is 1. The zero-order valence-corrected chi connectivity index (χ0v) is 9.35. The second-order valence-corrected chi connectivity index (χ2v) is 3.56. The highest BCUT2D eigenvalue weighted by Crippen LogP contribution is 2.08. The van der Waals surface area contributed by atoms with E-state index < -0.39 is 0 Å². The third-order valence-electron chi connectivity index (χ3n) is 2.02. The van der Waals surface area contributed by atoms with Gasteiger partial charge in [-0.25, -0.2) is 0 Å². The normalized spacial score (nSPS) is 11.9. The number of hydrogen-bond acceptors (Lipinski definition) is 3. The van der Waals surface area contributed by atoms with Gasteiger partial charge in [0.2, 0.25) is 5.91 Å². The molecule has 1 atom stereocenters. The standard InChI is InChI=1S/C12H17NO3/c1-10(9-14)13-12(15)7-8-16-11-5-3-2-4-6-11/h2-6,10,14H,7-9H2,1H3,(H,13,15)/t10-/m0/s1. The Morgan fingerprint density at radius 3 is 2.75 bits per heavy atom. The highest BCUT2D eigenvalue weighted by atomic mass is 16.5. The molecule has 16 heavy (non-hydrogen) atoms. The Morgan fingerprint density at radius 1 is 1.44 bits per heavy atom. The summed E-state index contributed by atoms with van der Waals surface area (Å²) in [5, 5.41) is 11.4. The first-order valence-electron chi connectivity index (χ1n) is 5.30. The third kappa shape index (κ3) is 4.79. The number of hydrogen-bond donors (Lipinski definition) is 2. The predicted molar refractivity (Wildman–Crippen MR) is 61.2 cm³/mol. The summed E-state index contributed by atoms with van der Waals surface area (Å²) in [5.41, 5.74) is 0. The molecule has 0 unspecified atom stereocenters. The number of rotatable bonds is 6. The third-order valence-corrected chi connectivity index (χ3v) is 2.02. The molecule has 0 spiro atoms. The van der Waals surface area contributed by atoms with Gasteiger partial charge in [0.1, 0.15) is 5.75 Å². The van der Waals surface area contributed by atoms with Crippen LogP contribution in [-0.2, 0) is 4.79 Å². The van der Waals surface area contributed by atoms with E-state index in [0.717, 1.165) is 5.75 Å². The smallest absolute Gasteiger partial charge is 0.223 e. The minimum atomic E-state index is -0.204. The van der Waals surface area contributed by atoms with E-state index in [-0.39, 0.29) is 18.6 Å². The van der Waals surface area contributed by atoms with E-state index >= 15 is 0 Å². The average Bonchev–Trinajstić information content (AvgIpc) is 2.30. The van der Waals surface area contributed by atoms with Crippen molar-refractivity contribution in [2.24, 2.45) is 0 Å². The molecule has 0 fully saturated rings. The quantitative estimate of drug-likeness (QED) is 0.755. The molecule has 1 amide bonds. The molecule has 0 radical (unpaired) electrons. The molecule has 0 aliphatic carbocycles. The molecule has 88 valence electrons. The van der Waals surface area contributed by atoms with E-state index in [0.29, 0.717) is 13.0 Å². The van der Waals surface area contributed by atoms with Crippen molar-refractivity contribution in [3.05, 3.63) is 30.3 Å². The minimum Gasteiger partial charge on any atom is -0.493 e. The van der Waals surface area contributed by atoms with E-state index in [1.807, 2.05) is 30.3 Å². The Morgan fingerprint density at radius 2 is 2.12 bits per heavy atom. The summed E-state index contributed by atoms with van der Waals surface area (Å²) in [5.74, 6) is 0.642. The molecule has 0 aliphatic rings. The number of aliphatic hydroxyl groups excluding tert-OH is 1.